The van der Waals surface area contributed by atoms with Crippen molar-refractivity contribution < 1.29 is 23.1 Å². The zero-order valence-electron chi connectivity index (χ0n) is 16.1. The minimum absolute atomic E-state index is 0.138. The molecule has 2 aromatic heterocycles. The molecule has 4 aromatic rings. The van der Waals surface area contributed by atoms with Crippen LogP contribution in [0.3, 0.4) is 0 Å². The van der Waals surface area contributed by atoms with E-state index < -0.39 is 23.0 Å². The summed E-state index contributed by atoms with van der Waals surface area (Å²) in [6.45, 7) is 1.12. The van der Waals surface area contributed by atoms with Gasteiger partial charge in [-0.15, -0.1) is 11.8 Å². The number of alkyl halides is 3. The fraction of sp³-hybridized carbons (Fsp3) is 0.200. The lowest BCUT2D eigenvalue weighted by Crippen LogP contribution is -2.10. The average Bonchev–Trinajstić information content (AvgIpc) is 3.36. The van der Waals surface area contributed by atoms with Crippen LogP contribution in [0.15, 0.2) is 53.7 Å². The quantitative estimate of drug-likeness (QED) is 0.424. The van der Waals surface area contributed by atoms with Gasteiger partial charge in [-0.3, -0.25) is 9.48 Å². The van der Waals surface area contributed by atoms with E-state index in [1.807, 2.05) is 6.07 Å². The van der Waals surface area contributed by atoms with Gasteiger partial charge in [-0.05, 0) is 36.2 Å². The molecule has 31 heavy (non-hydrogen) atoms. The Morgan fingerprint density at radius 2 is 2.03 bits per heavy atom. The summed E-state index contributed by atoms with van der Waals surface area (Å²) in [5.74, 6) is -1.03. The Morgan fingerprint density at radius 3 is 2.71 bits per heavy atom. The molecule has 0 amide bonds. The first-order valence-electron chi connectivity index (χ1n) is 9.10. The van der Waals surface area contributed by atoms with Gasteiger partial charge in [0.25, 0.3) is 0 Å². The van der Waals surface area contributed by atoms with Crippen molar-refractivity contribution in [3.05, 3.63) is 71.2 Å². The number of nitrogens with one attached hydrogen (secondary N) is 1. The van der Waals surface area contributed by atoms with Crippen LogP contribution in [0.5, 0.6) is 0 Å². The van der Waals surface area contributed by atoms with E-state index in [-0.39, 0.29) is 12.1 Å². The highest BCUT2D eigenvalue weighted by Crippen LogP contribution is 2.42. The number of carboxylic acid groups (broad SMARTS) is 1. The summed E-state index contributed by atoms with van der Waals surface area (Å²) in [6.07, 6.45) is -1.43. The van der Waals surface area contributed by atoms with Gasteiger partial charge in [0.2, 0.25) is 0 Å². The van der Waals surface area contributed by atoms with E-state index in [0.717, 1.165) is 16.3 Å². The zero-order chi connectivity index (χ0) is 22.2. The van der Waals surface area contributed by atoms with E-state index in [0.29, 0.717) is 16.8 Å². The molecule has 1 atom stereocenters. The monoisotopic (exact) mass is 447 g/mol. The van der Waals surface area contributed by atoms with E-state index >= 15 is 0 Å². The molecular formula is C20H16F3N5O2S. The molecule has 4 rings (SSSR count). The molecule has 11 heteroatoms. The van der Waals surface area contributed by atoms with Gasteiger partial charge < -0.3 is 5.11 Å². The molecule has 0 bridgehead atoms. The van der Waals surface area contributed by atoms with Crippen LogP contribution in [-0.4, -0.2) is 36.3 Å². The lowest BCUT2D eigenvalue weighted by Gasteiger charge is -2.18. The number of aromatic nitrogens is 5. The highest BCUT2D eigenvalue weighted by molar-refractivity contribution is 7.99. The normalized spacial score (nSPS) is 12.9. The van der Waals surface area contributed by atoms with Crippen LogP contribution in [0.1, 0.15) is 27.6 Å². The third kappa shape index (κ3) is 4.41. The minimum atomic E-state index is -4.47. The number of aliphatic carboxylic acids is 1. The molecule has 0 aliphatic rings. The number of thioether (sulfide) groups is 1. The molecule has 0 fully saturated rings. The summed E-state index contributed by atoms with van der Waals surface area (Å²) >= 11 is 1.29. The lowest BCUT2D eigenvalue weighted by molar-refractivity contribution is -0.138. The molecule has 1 unspecified atom stereocenters. The van der Waals surface area contributed by atoms with E-state index in [1.54, 1.807) is 24.4 Å². The number of aromatic amines is 1. The molecule has 0 saturated carbocycles. The largest absolute Gasteiger partial charge is 0.480 e. The Hall–Kier alpha value is -3.34. The van der Waals surface area contributed by atoms with Crippen molar-refractivity contribution in [2.75, 3.05) is 0 Å². The molecule has 0 spiro atoms. The van der Waals surface area contributed by atoms with Crippen LogP contribution in [0.4, 0.5) is 13.2 Å². The van der Waals surface area contributed by atoms with Crippen molar-refractivity contribution in [3.63, 3.8) is 0 Å². The van der Waals surface area contributed by atoms with Gasteiger partial charge in [0.15, 0.2) is 0 Å². The maximum atomic E-state index is 13.5. The second kappa shape index (κ2) is 8.06. The SMILES string of the molecule is Cc1ccc(C(Sc2ccc3cnn(CC(=O)O)c3c2)c2cn[nH]n2)cc1C(F)(F)F. The summed E-state index contributed by atoms with van der Waals surface area (Å²) in [5, 5.41) is 23.7. The number of carboxylic acids is 1. The molecule has 2 N–H and O–H groups in total. The average molecular weight is 447 g/mol. The summed E-state index contributed by atoms with van der Waals surface area (Å²) in [4.78, 5) is 11.8. The Balaban J connectivity index is 1.75. The number of carbonyl (C=O) groups is 1. The van der Waals surface area contributed by atoms with Gasteiger partial charge in [-0.2, -0.15) is 33.7 Å². The number of nitrogens with zero attached hydrogens (tertiary/aromatic N) is 4. The zero-order valence-corrected chi connectivity index (χ0v) is 16.9. The van der Waals surface area contributed by atoms with Crippen LogP contribution in [0.25, 0.3) is 10.9 Å². The van der Waals surface area contributed by atoms with Gasteiger partial charge in [0.05, 0.1) is 28.7 Å². The van der Waals surface area contributed by atoms with Gasteiger partial charge in [0.1, 0.15) is 12.2 Å². The van der Waals surface area contributed by atoms with Gasteiger partial charge in [-0.1, -0.05) is 18.2 Å². The molecule has 160 valence electrons. The predicted molar refractivity (Wildman–Crippen MR) is 108 cm³/mol. The second-order valence-electron chi connectivity index (χ2n) is 6.88. The summed E-state index contributed by atoms with van der Waals surface area (Å²) in [6, 6.07) is 9.59. The van der Waals surface area contributed by atoms with Gasteiger partial charge >= 0.3 is 12.1 Å². The number of H-pyrrole nitrogens is 1. The van der Waals surface area contributed by atoms with E-state index in [1.165, 1.54) is 35.6 Å². The molecule has 0 aliphatic heterocycles. The summed E-state index contributed by atoms with van der Waals surface area (Å²) in [5.41, 5.74) is 0.955. The Bertz CT molecular complexity index is 1240. The van der Waals surface area contributed by atoms with Gasteiger partial charge in [0, 0.05) is 10.3 Å². The smallest absolute Gasteiger partial charge is 0.416 e. The van der Waals surface area contributed by atoms with Crippen molar-refractivity contribution >= 4 is 28.6 Å². The summed E-state index contributed by atoms with van der Waals surface area (Å²) < 4.78 is 41.7. The number of hydrogen-bond acceptors (Lipinski definition) is 5. The Labute approximate surface area is 178 Å². The molecule has 7 nitrogen and oxygen atoms in total. The molecule has 0 radical (unpaired) electrons. The first-order chi connectivity index (χ1) is 14.7. The maximum Gasteiger partial charge on any atom is 0.416 e. The van der Waals surface area contributed by atoms with Crippen molar-refractivity contribution in [1.29, 1.82) is 0 Å². The minimum Gasteiger partial charge on any atom is -0.480 e. The third-order valence-corrected chi connectivity index (χ3v) is 6.00. The molecule has 2 heterocycles. The van der Waals surface area contributed by atoms with Crippen molar-refractivity contribution in [1.82, 2.24) is 25.2 Å². The molecule has 0 saturated heterocycles. The van der Waals surface area contributed by atoms with Crippen molar-refractivity contribution in [2.45, 2.75) is 29.8 Å². The number of benzene rings is 2. The molecule has 2 aromatic carbocycles. The number of hydrogen-bond donors (Lipinski definition) is 2. The Morgan fingerprint density at radius 1 is 1.23 bits per heavy atom. The predicted octanol–water partition coefficient (Wildman–Crippen LogP) is 4.45. The standard InChI is InChI=1S/C20H16F3N5O2S/c1-11-2-3-12(6-15(11)20(21,22)23)19(16-9-24-27-26-16)31-14-5-4-13-8-25-28(10-18(29)30)17(13)7-14/h2-9,19H,10H2,1H3,(H,29,30)(H,24,26,27). The number of fused-ring (bicyclic) bond motifs is 1. The fourth-order valence-corrected chi connectivity index (χ4v) is 4.37. The highest BCUT2D eigenvalue weighted by atomic mass is 32.2. The van der Waals surface area contributed by atoms with Crippen LogP contribution in [-0.2, 0) is 17.5 Å². The Kier molecular flexibility index (Phi) is 5.44. The van der Waals surface area contributed by atoms with Crippen LogP contribution >= 0.6 is 11.8 Å². The number of halogens is 3. The van der Waals surface area contributed by atoms with Crippen LogP contribution < -0.4 is 0 Å². The van der Waals surface area contributed by atoms with E-state index in [9.17, 15) is 18.0 Å². The second-order valence-corrected chi connectivity index (χ2v) is 8.06. The topological polar surface area (TPSA) is 96.7 Å². The van der Waals surface area contributed by atoms with Gasteiger partial charge in [-0.25, -0.2) is 0 Å². The first kappa shape index (κ1) is 20.9. The molecular weight excluding hydrogens is 431 g/mol. The third-order valence-electron chi connectivity index (χ3n) is 4.73. The lowest BCUT2D eigenvalue weighted by atomic mass is 10.0. The maximum absolute atomic E-state index is 13.5. The molecule has 0 aliphatic carbocycles. The highest BCUT2D eigenvalue weighted by Gasteiger charge is 2.33. The van der Waals surface area contributed by atoms with Crippen molar-refractivity contribution in [3.8, 4) is 0 Å². The van der Waals surface area contributed by atoms with E-state index in [4.69, 9.17) is 5.11 Å². The van der Waals surface area contributed by atoms with E-state index in [2.05, 4.69) is 20.5 Å². The fourth-order valence-electron chi connectivity index (χ4n) is 3.26. The van der Waals surface area contributed by atoms with Crippen molar-refractivity contribution in [2.24, 2.45) is 0 Å². The first-order valence-corrected chi connectivity index (χ1v) is 9.98. The number of aryl methyl sites for hydroxylation is 1. The van der Waals surface area contributed by atoms with Crippen LogP contribution in [0.2, 0.25) is 0 Å². The number of rotatable bonds is 6. The summed E-state index contributed by atoms with van der Waals surface area (Å²) in [7, 11) is 0. The van der Waals surface area contributed by atoms with Crippen LogP contribution in [0, 0.1) is 6.92 Å².